The highest BCUT2D eigenvalue weighted by Gasteiger charge is 2.31. The molecule has 0 N–H and O–H groups in total. The fraction of sp³-hybridized carbons (Fsp3) is 0.722. The summed E-state index contributed by atoms with van der Waals surface area (Å²) >= 11 is 0. The Morgan fingerprint density at radius 1 is 1.07 bits per heavy atom. The van der Waals surface area contributed by atoms with Gasteiger partial charge in [0.1, 0.15) is 16.4 Å². The minimum Gasteiger partial charge on any atom is -0.339 e. The number of rotatable bonds is 4. The molecule has 1 aliphatic carbocycles. The summed E-state index contributed by atoms with van der Waals surface area (Å²) in [7, 11) is -2.85. The van der Waals surface area contributed by atoms with E-state index in [1.807, 2.05) is 0 Å². The highest BCUT2D eigenvalue weighted by atomic mass is 32.2. The van der Waals surface area contributed by atoms with Gasteiger partial charge in [0, 0.05) is 44.2 Å². The molecule has 1 saturated carbocycles. The standard InChI is InChI=1S/C18H26N4O4S/c23-17-11-16(14-1-2-14)19-13-22(17)12-18(24)21-7-5-20(6-8-21)15-3-9-27(25,26)10-4-15/h11,13-15H,1-10,12H2. The molecule has 0 radical (unpaired) electrons. The monoisotopic (exact) mass is 394 g/mol. The van der Waals surface area contributed by atoms with Crippen LogP contribution in [0.25, 0.3) is 0 Å². The second-order valence-electron chi connectivity index (χ2n) is 7.85. The molecule has 9 heteroatoms. The first-order chi connectivity index (χ1) is 12.9. The van der Waals surface area contributed by atoms with E-state index in [2.05, 4.69) is 9.88 Å². The number of aromatic nitrogens is 2. The fourth-order valence-electron chi connectivity index (χ4n) is 3.99. The van der Waals surface area contributed by atoms with E-state index in [-0.39, 0.29) is 29.5 Å². The Bertz CT molecular complexity index is 856. The average molecular weight is 394 g/mol. The zero-order valence-corrected chi connectivity index (χ0v) is 16.2. The fourth-order valence-corrected chi connectivity index (χ4v) is 5.45. The Labute approximate surface area is 159 Å². The largest absolute Gasteiger partial charge is 0.339 e. The first-order valence-electron chi connectivity index (χ1n) is 9.70. The van der Waals surface area contributed by atoms with Crippen LogP contribution in [0, 0.1) is 0 Å². The van der Waals surface area contributed by atoms with Gasteiger partial charge in [-0.15, -0.1) is 0 Å². The zero-order chi connectivity index (χ0) is 19.0. The van der Waals surface area contributed by atoms with Crippen LogP contribution in [0.4, 0.5) is 0 Å². The number of sulfone groups is 1. The van der Waals surface area contributed by atoms with Crippen LogP contribution in [0.3, 0.4) is 0 Å². The molecule has 2 saturated heterocycles. The molecule has 3 heterocycles. The normalized spacial score (nSPS) is 24.1. The van der Waals surface area contributed by atoms with Gasteiger partial charge in [-0.05, 0) is 25.7 Å². The van der Waals surface area contributed by atoms with Crippen LogP contribution in [0.1, 0.15) is 37.3 Å². The molecule has 1 amide bonds. The predicted molar refractivity (Wildman–Crippen MR) is 100 cm³/mol. The lowest BCUT2D eigenvalue weighted by Gasteiger charge is -2.40. The molecule has 0 bridgehead atoms. The van der Waals surface area contributed by atoms with Crippen LogP contribution in [-0.4, -0.2) is 77.4 Å². The Kier molecular flexibility index (Phi) is 5.07. The molecule has 0 unspecified atom stereocenters. The summed E-state index contributed by atoms with van der Waals surface area (Å²) < 4.78 is 24.5. The molecular formula is C18H26N4O4S. The van der Waals surface area contributed by atoms with E-state index in [1.54, 1.807) is 11.0 Å². The number of piperazine rings is 1. The molecule has 4 rings (SSSR count). The zero-order valence-electron chi connectivity index (χ0n) is 15.4. The van der Waals surface area contributed by atoms with Crippen molar-refractivity contribution in [2.75, 3.05) is 37.7 Å². The molecule has 1 aromatic rings. The van der Waals surface area contributed by atoms with Crippen molar-refractivity contribution in [3.05, 3.63) is 28.4 Å². The third-order valence-corrected chi connectivity index (χ3v) is 7.62. The lowest BCUT2D eigenvalue weighted by molar-refractivity contribution is -0.134. The van der Waals surface area contributed by atoms with Crippen molar-refractivity contribution in [3.63, 3.8) is 0 Å². The van der Waals surface area contributed by atoms with E-state index in [1.165, 1.54) is 10.9 Å². The number of carbonyl (C=O) groups is 1. The molecule has 148 valence electrons. The maximum atomic E-state index is 12.6. The summed E-state index contributed by atoms with van der Waals surface area (Å²) in [6, 6.07) is 1.85. The topological polar surface area (TPSA) is 92.6 Å². The molecular weight excluding hydrogens is 368 g/mol. The van der Waals surface area contributed by atoms with Crippen LogP contribution in [0.15, 0.2) is 17.2 Å². The van der Waals surface area contributed by atoms with Gasteiger partial charge in [0.15, 0.2) is 0 Å². The average Bonchev–Trinajstić information content (AvgIpc) is 3.49. The van der Waals surface area contributed by atoms with E-state index < -0.39 is 9.84 Å². The van der Waals surface area contributed by atoms with Gasteiger partial charge in [0.25, 0.3) is 5.56 Å². The molecule has 27 heavy (non-hydrogen) atoms. The van der Waals surface area contributed by atoms with Gasteiger partial charge in [-0.3, -0.25) is 19.1 Å². The number of amides is 1. The van der Waals surface area contributed by atoms with Gasteiger partial charge < -0.3 is 4.90 Å². The Hall–Kier alpha value is -1.74. The summed E-state index contributed by atoms with van der Waals surface area (Å²) in [5.41, 5.74) is 0.675. The smallest absolute Gasteiger partial charge is 0.254 e. The van der Waals surface area contributed by atoms with Crippen molar-refractivity contribution < 1.29 is 13.2 Å². The van der Waals surface area contributed by atoms with E-state index >= 15 is 0 Å². The molecule has 0 spiro atoms. The molecule has 3 aliphatic rings. The maximum absolute atomic E-state index is 12.6. The van der Waals surface area contributed by atoms with Crippen LogP contribution in [0.5, 0.6) is 0 Å². The van der Waals surface area contributed by atoms with Gasteiger partial charge in [-0.1, -0.05) is 0 Å². The number of hydrogen-bond acceptors (Lipinski definition) is 6. The van der Waals surface area contributed by atoms with Gasteiger partial charge in [-0.2, -0.15) is 0 Å². The SMILES string of the molecule is O=C(Cn1cnc(C2CC2)cc1=O)N1CCN(C2CCS(=O)(=O)CC2)CC1. The van der Waals surface area contributed by atoms with Crippen molar-refractivity contribution in [2.45, 2.75) is 44.2 Å². The predicted octanol–water partition coefficient (Wildman–Crippen LogP) is -0.158. The lowest BCUT2D eigenvalue weighted by atomic mass is 10.1. The van der Waals surface area contributed by atoms with Crippen molar-refractivity contribution in [1.29, 1.82) is 0 Å². The second kappa shape index (κ2) is 7.35. The van der Waals surface area contributed by atoms with Gasteiger partial charge in [0.05, 0.1) is 23.5 Å². The minimum atomic E-state index is -2.85. The van der Waals surface area contributed by atoms with Crippen LogP contribution in [-0.2, 0) is 21.2 Å². The lowest BCUT2D eigenvalue weighted by Crippen LogP contribution is -2.54. The van der Waals surface area contributed by atoms with E-state index in [9.17, 15) is 18.0 Å². The summed E-state index contributed by atoms with van der Waals surface area (Å²) in [6.45, 7) is 2.77. The summed E-state index contributed by atoms with van der Waals surface area (Å²) in [5, 5.41) is 0. The summed E-state index contributed by atoms with van der Waals surface area (Å²) in [4.78, 5) is 33.2. The van der Waals surface area contributed by atoms with E-state index in [0.717, 1.165) is 31.6 Å². The summed E-state index contributed by atoms with van der Waals surface area (Å²) in [5.74, 6) is 0.891. The Morgan fingerprint density at radius 3 is 2.33 bits per heavy atom. The van der Waals surface area contributed by atoms with Gasteiger partial charge >= 0.3 is 0 Å². The molecule has 8 nitrogen and oxygen atoms in total. The van der Waals surface area contributed by atoms with Crippen molar-refractivity contribution in [1.82, 2.24) is 19.4 Å². The number of hydrogen-bond donors (Lipinski definition) is 0. The van der Waals surface area contributed by atoms with Crippen LogP contribution in [0.2, 0.25) is 0 Å². The Balaban J connectivity index is 1.29. The molecule has 0 atom stereocenters. The van der Waals surface area contributed by atoms with Gasteiger partial charge in [0.2, 0.25) is 5.91 Å². The van der Waals surface area contributed by atoms with Crippen LogP contribution >= 0.6 is 0 Å². The van der Waals surface area contributed by atoms with Crippen LogP contribution < -0.4 is 5.56 Å². The quantitative estimate of drug-likeness (QED) is 0.705. The molecule has 2 aliphatic heterocycles. The van der Waals surface area contributed by atoms with Crippen molar-refractivity contribution in [3.8, 4) is 0 Å². The van der Waals surface area contributed by atoms with Gasteiger partial charge in [-0.25, -0.2) is 13.4 Å². The second-order valence-corrected chi connectivity index (χ2v) is 10.2. The third-order valence-electron chi connectivity index (χ3n) is 5.91. The molecule has 0 aromatic carbocycles. The first kappa shape index (κ1) is 18.6. The van der Waals surface area contributed by atoms with Crippen molar-refractivity contribution >= 4 is 15.7 Å². The summed E-state index contributed by atoms with van der Waals surface area (Å²) in [6.07, 6.45) is 5.04. The van der Waals surface area contributed by atoms with E-state index in [4.69, 9.17) is 0 Å². The maximum Gasteiger partial charge on any atom is 0.254 e. The highest BCUT2D eigenvalue weighted by Crippen LogP contribution is 2.38. The Morgan fingerprint density at radius 2 is 1.74 bits per heavy atom. The number of carbonyl (C=O) groups excluding carboxylic acids is 1. The van der Waals surface area contributed by atoms with Crippen molar-refractivity contribution in [2.24, 2.45) is 0 Å². The minimum absolute atomic E-state index is 0.0262. The number of nitrogens with zero attached hydrogens (tertiary/aromatic N) is 4. The van der Waals surface area contributed by atoms with E-state index in [0.29, 0.717) is 37.9 Å². The first-order valence-corrected chi connectivity index (χ1v) is 11.5. The molecule has 1 aromatic heterocycles. The third kappa shape index (κ3) is 4.40. The molecule has 3 fully saturated rings. The highest BCUT2D eigenvalue weighted by molar-refractivity contribution is 7.91.